The normalized spacial score (nSPS) is 17.8. The van der Waals surface area contributed by atoms with E-state index in [1.54, 1.807) is 39.1 Å². The summed E-state index contributed by atoms with van der Waals surface area (Å²) in [6, 6.07) is 3.52. The first kappa shape index (κ1) is 19.1. The van der Waals surface area contributed by atoms with Crippen LogP contribution in [0.25, 0.3) is 0 Å². The van der Waals surface area contributed by atoms with Crippen molar-refractivity contribution in [1.82, 2.24) is 9.88 Å². The number of halogens is 1. The number of hydrogen-bond donors (Lipinski definition) is 2. The van der Waals surface area contributed by atoms with Crippen LogP contribution in [0.2, 0.25) is 0 Å². The first-order valence-electron chi connectivity index (χ1n) is 8.17. The molecule has 1 fully saturated rings. The molecule has 0 aliphatic carbocycles. The summed E-state index contributed by atoms with van der Waals surface area (Å²) in [5.74, 6) is -1.02. The fourth-order valence-electron chi connectivity index (χ4n) is 2.59. The lowest BCUT2D eigenvalue weighted by Gasteiger charge is -2.33. The number of carboxylic acids is 1. The molecule has 0 atom stereocenters. The molecule has 0 aromatic carbocycles. The average molecular weight is 353 g/mol. The number of ether oxygens (including phenoxy) is 1. The van der Waals surface area contributed by atoms with Crippen LogP contribution in [0.3, 0.4) is 0 Å². The van der Waals surface area contributed by atoms with Gasteiger partial charge in [-0.2, -0.15) is 0 Å². The molecule has 1 aromatic heterocycles. The number of amides is 1. The molecule has 2 heterocycles. The van der Waals surface area contributed by atoms with E-state index in [0.29, 0.717) is 25.5 Å². The van der Waals surface area contributed by atoms with Gasteiger partial charge in [0, 0.05) is 38.7 Å². The zero-order valence-electron chi connectivity index (χ0n) is 14.7. The summed E-state index contributed by atoms with van der Waals surface area (Å²) in [5.41, 5.74) is -1.83. The summed E-state index contributed by atoms with van der Waals surface area (Å²) in [6.45, 7) is 6.57. The van der Waals surface area contributed by atoms with E-state index >= 15 is 0 Å². The van der Waals surface area contributed by atoms with Crippen LogP contribution in [0.4, 0.5) is 15.0 Å². The number of anilines is 1. The molecule has 0 radical (unpaired) electrons. The minimum absolute atomic E-state index is 0.0313. The lowest BCUT2D eigenvalue weighted by molar-refractivity contribution is -0.154. The Labute approximate surface area is 146 Å². The van der Waals surface area contributed by atoms with Gasteiger partial charge in [0.1, 0.15) is 11.4 Å². The molecule has 8 heteroatoms. The predicted octanol–water partition coefficient (Wildman–Crippen LogP) is 2.82. The van der Waals surface area contributed by atoms with E-state index in [0.717, 1.165) is 5.56 Å². The van der Waals surface area contributed by atoms with E-state index < -0.39 is 23.3 Å². The van der Waals surface area contributed by atoms with Crippen molar-refractivity contribution >= 4 is 17.9 Å². The van der Waals surface area contributed by atoms with E-state index in [4.69, 9.17) is 9.84 Å². The van der Waals surface area contributed by atoms with Gasteiger partial charge in [-0.3, -0.25) is 10.2 Å². The monoisotopic (exact) mass is 353 g/mol. The number of nitrogens with one attached hydrogen (secondary N) is 1. The third-order valence-corrected chi connectivity index (χ3v) is 3.89. The molecular formula is C17H24FN3O4. The largest absolute Gasteiger partial charge is 0.479 e. The summed E-state index contributed by atoms with van der Waals surface area (Å²) in [6.07, 6.45) is 0.925. The van der Waals surface area contributed by atoms with E-state index in [9.17, 15) is 14.0 Å². The van der Waals surface area contributed by atoms with Gasteiger partial charge in [0.2, 0.25) is 5.67 Å². The standard InChI is InChI=1S/C17H24FN3O4/c1-16(2,3)25-15(24)20-13-10-12(4-7-19-13)11-21-8-5-17(18,6-9-21)14(22)23/h4,7,10H,5-6,8-9,11H2,1-3H3,(H,22,23)(H,19,20,24). The van der Waals surface area contributed by atoms with Gasteiger partial charge >= 0.3 is 12.1 Å². The quantitative estimate of drug-likeness (QED) is 0.865. The Bertz CT molecular complexity index is 637. The van der Waals surface area contributed by atoms with Crippen LogP contribution in [0, 0.1) is 0 Å². The number of rotatable bonds is 4. The van der Waals surface area contributed by atoms with Gasteiger partial charge in [0.15, 0.2) is 0 Å². The molecule has 7 nitrogen and oxygen atoms in total. The molecule has 2 N–H and O–H groups in total. The van der Waals surface area contributed by atoms with E-state index in [1.807, 2.05) is 4.90 Å². The van der Waals surface area contributed by atoms with Crippen molar-refractivity contribution in [3.05, 3.63) is 23.9 Å². The molecule has 1 aliphatic heterocycles. The van der Waals surface area contributed by atoms with Crippen LogP contribution in [-0.4, -0.2) is 51.4 Å². The fourth-order valence-corrected chi connectivity index (χ4v) is 2.59. The number of hydrogen-bond acceptors (Lipinski definition) is 5. The third kappa shape index (κ3) is 5.67. The summed E-state index contributed by atoms with van der Waals surface area (Å²) in [7, 11) is 0. The smallest absolute Gasteiger partial charge is 0.413 e. The zero-order valence-corrected chi connectivity index (χ0v) is 14.7. The number of pyridine rings is 1. The van der Waals surface area contributed by atoms with Gasteiger partial charge in [-0.1, -0.05) is 0 Å². The van der Waals surface area contributed by atoms with Gasteiger partial charge in [-0.05, 0) is 38.5 Å². The van der Waals surface area contributed by atoms with E-state index in [2.05, 4.69) is 10.3 Å². The third-order valence-electron chi connectivity index (χ3n) is 3.89. The Kier molecular flexibility index (Phi) is 5.62. The van der Waals surface area contributed by atoms with E-state index in [1.165, 1.54) is 0 Å². The van der Waals surface area contributed by atoms with Gasteiger partial charge in [0.25, 0.3) is 0 Å². The van der Waals surface area contributed by atoms with Crippen LogP contribution < -0.4 is 5.32 Å². The highest BCUT2D eigenvalue weighted by atomic mass is 19.1. The lowest BCUT2D eigenvalue weighted by Crippen LogP contribution is -2.46. The average Bonchev–Trinajstić information content (AvgIpc) is 2.48. The number of aliphatic carboxylic acids is 1. The first-order valence-corrected chi connectivity index (χ1v) is 8.17. The first-order chi connectivity index (χ1) is 11.6. The second kappa shape index (κ2) is 7.35. The minimum Gasteiger partial charge on any atom is -0.479 e. The summed E-state index contributed by atoms with van der Waals surface area (Å²) in [4.78, 5) is 28.8. The second-order valence-corrected chi connectivity index (χ2v) is 7.22. The van der Waals surface area contributed by atoms with Crippen molar-refractivity contribution < 1.29 is 23.8 Å². The summed E-state index contributed by atoms with van der Waals surface area (Å²) < 4.78 is 19.2. The lowest BCUT2D eigenvalue weighted by atomic mass is 9.93. The number of piperidine rings is 1. The molecule has 0 unspecified atom stereocenters. The number of nitrogens with zero attached hydrogens (tertiary/aromatic N) is 2. The Morgan fingerprint density at radius 2 is 2.04 bits per heavy atom. The number of likely N-dealkylation sites (tertiary alicyclic amines) is 1. The van der Waals surface area contributed by atoms with Crippen LogP contribution in [-0.2, 0) is 16.1 Å². The number of carbonyl (C=O) groups excluding carboxylic acids is 1. The number of carbonyl (C=O) groups is 2. The number of carboxylic acid groups (broad SMARTS) is 1. The zero-order chi connectivity index (χ0) is 18.7. The maximum atomic E-state index is 14.1. The van der Waals surface area contributed by atoms with Crippen molar-refractivity contribution in [2.45, 2.75) is 51.4 Å². The Balaban J connectivity index is 1.92. The molecule has 0 saturated carbocycles. The molecule has 2 rings (SSSR count). The van der Waals surface area contributed by atoms with Crippen LogP contribution in [0.1, 0.15) is 39.2 Å². The highest BCUT2D eigenvalue weighted by molar-refractivity contribution is 5.83. The van der Waals surface area contributed by atoms with Crippen molar-refractivity contribution in [1.29, 1.82) is 0 Å². The van der Waals surface area contributed by atoms with Gasteiger partial charge in [-0.15, -0.1) is 0 Å². The molecule has 138 valence electrons. The Morgan fingerprint density at radius 3 is 2.60 bits per heavy atom. The molecule has 1 aliphatic rings. The van der Waals surface area contributed by atoms with E-state index in [-0.39, 0.29) is 12.8 Å². The molecule has 25 heavy (non-hydrogen) atoms. The van der Waals surface area contributed by atoms with Crippen LogP contribution in [0.5, 0.6) is 0 Å². The number of aromatic nitrogens is 1. The van der Waals surface area contributed by atoms with Crippen molar-refractivity contribution in [3.8, 4) is 0 Å². The molecule has 0 bridgehead atoms. The summed E-state index contributed by atoms with van der Waals surface area (Å²) >= 11 is 0. The topological polar surface area (TPSA) is 91.8 Å². The van der Waals surface area contributed by atoms with Crippen molar-refractivity contribution in [3.63, 3.8) is 0 Å². The Morgan fingerprint density at radius 1 is 1.40 bits per heavy atom. The highest BCUT2D eigenvalue weighted by Gasteiger charge is 2.41. The molecular weight excluding hydrogens is 329 g/mol. The van der Waals surface area contributed by atoms with Crippen molar-refractivity contribution in [2.75, 3.05) is 18.4 Å². The molecule has 0 spiro atoms. The SMILES string of the molecule is CC(C)(C)OC(=O)Nc1cc(CN2CCC(F)(C(=O)O)CC2)ccn1. The molecule has 1 amide bonds. The van der Waals surface area contributed by atoms with Crippen molar-refractivity contribution in [2.24, 2.45) is 0 Å². The maximum Gasteiger partial charge on any atom is 0.413 e. The molecule has 1 saturated heterocycles. The minimum atomic E-state index is -2.13. The van der Waals surface area contributed by atoms with Gasteiger partial charge in [-0.25, -0.2) is 19.0 Å². The highest BCUT2D eigenvalue weighted by Crippen LogP contribution is 2.27. The van der Waals surface area contributed by atoms with Crippen LogP contribution in [0.15, 0.2) is 18.3 Å². The van der Waals surface area contributed by atoms with Crippen LogP contribution >= 0.6 is 0 Å². The fraction of sp³-hybridized carbons (Fsp3) is 0.588. The second-order valence-electron chi connectivity index (χ2n) is 7.22. The number of alkyl halides is 1. The maximum absolute atomic E-state index is 14.1. The van der Waals surface area contributed by atoms with Gasteiger partial charge < -0.3 is 9.84 Å². The summed E-state index contributed by atoms with van der Waals surface area (Å²) in [5, 5.41) is 11.5. The molecule has 1 aromatic rings. The predicted molar refractivity (Wildman–Crippen MR) is 90.1 cm³/mol. The Hall–Kier alpha value is -2.22. The van der Waals surface area contributed by atoms with Gasteiger partial charge in [0.05, 0.1) is 0 Å².